The molecule has 0 fully saturated rings. The van der Waals surface area contributed by atoms with Crippen LogP contribution >= 0.6 is 11.3 Å². The zero-order valence-electron chi connectivity index (χ0n) is 5.49. The van der Waals surface area contributed by atoms with E-state index in [4.69, 9.17) is 0 Å². The van der Waals surface area contributed by atoms with E-state index in [-0.39, 0.29) is 0 Å². The Labute approximate surface area is 64.4 Å². The third-order valence-electron chi connectivity index (χ3n) is 1.10. The second-order valence-corrected chi connectivity index (χ2v) is 4.76. The summed E-state index contributed by atoms with van der Waals surface area (Å²) < 4.78 is 21.8. The van der Waals surface area contributed by atoms with E-state index < -0.39 is 9.84 Å². The van der Waals surface area contributed by atoms with Crippen LogP contribution in [-0.4, -0.2) is 14.7 Å². The van der Waals surface area contributed by atoms with Crippen molar-refractivity contribution in [3.05, 3.63) is 23.2 Å². The molecule has 4 heteroatoms. The largest absolute Gasteiger partial charge is 0.224 e. The van der Waals surface area contributed by atoms with Gasteiger partial charge in [-0.15, -0.1) is 0 Å². The van der Waals surface area contributed by atoms with Gasteiger partial charge in [0, 0.05) is 11.6 Å². The molecule has 2 nitrogen and oxygen atoms in total. The molecule has 0 bridgehead atoms. The summed E-state index contributed by atoms with van der Waals surface area (Å²) in [6.45, 7) is 3.58. The Hall–Kier alpha value is -0.350. The molecule has 1 aromatic heterocycles. The van der Waals surface area contributed by atoms with Gasteiger partial charge < -0.3 is 0 Å². The second kappa shape index (κ2) is 2.36. The summed E-state index contributed by atoms with van der Waals surface area (Å²) in [4.78, 5) is 0.345. The maximum Gasteiger partial charge on any atom is 0.176 e. The van der Waals surface area contributed by atoms with E-state index in [2.05, 4.69) is 6.92 Å². The van der Waals surface area contributed by atoms with E-state index in [9.17, 15) is 8.42 Å². The molecule has 1 radical (unpaired) electrons. The fourth-order valence-corrected chi connectivity index (χ4v) is 2.75. The molecule has 0 N–H and O–H groups in total. The topological polar surface area (TPSA) is 34.1 Å². The highest BCUT2D eigenvalue weighted by atomic mass is 32.2. The van der Waals surface area contributed by atoms with Gasteiger partial charge >= 0.3 is 0 Å². The Morgan fingerprint density at radius 3 is 2.30 bits per heavy atom. The molecule has 10 heavy (non-hydrogen) atoms. The minimum Gasteiger partial charge on any atom is -0.224 e. The van der Waals surface area contributed by atoms with Crippen molar-refractivity contribution in [1.82, 2.24) is 0 Å². The van der Waals surface area contributed by atoms with E-state index in [1.807, 2.05) is 0 Å². The molecular formula is C6H7O2S2. The number of rotatable bonds is 1. The quantitative estimate of drug-likeness (QED) is 0.645. The van der Waals surface area contributed by atoms with Gasteiger partial charge in [-0.2, -0.15) is 11.3 Å². The highest BCUT2D eigenvalue weighted by Gasteiger charge is 2.09. The average molecular weight is 175 g/mol. The van der Waals surface area contributed by atoms with Gasteiger partial charge in [-0.1, -0.05) is 0 Å². The number of hydrogen-bond donors (Lipinski definition) is 0. The lowest BCUT2D eigenvalue weighted by molar-refractivity contribution is 0.602. The lowest BCUT2D eigenvalue weighted by atomic mass is 10.4. The number of thiophene rings is 1. The van der Waals surface area contributed by atoms with Crippen LogP contribution in [0.1, 0.15) is 5.56 Å². The SMILES string of the molecule is [CH2]c1cscc1S(C)(=O)=O. The zero-order valence-corrected chi connectivity index (χ0v) is 7.13. The Bertz CT molecular complexity index is 321. The van der Waals surface area contributed by atoms with Crippen LogP contribution in [0, 0.1) is 6.92 Å². The van der Waals surface area contributed by atoms with Gasteiger partial charge in [-0.25, -0.2) is 8.42 Å². The maximum atomic E-state index is 10.9. The van der Waals surface area contributed by atoms with Crippen LogP contribution in [0.4, 0.5) is 0 Å². The minimum atomic E-state index is -3.04. The van der Waals surface area contributed by atoms with Crippen LogP contribution < -0.4 is 0 Å². The van der Waals surface area contributed by atoms with Crippen molar-refractivity contribution < 1.29 is 8.42 Å². The number of hydrogen-bond acceptors (Lipinski definition) is 3. The van der Waals surface area contributed by atoms with E-state index in [0.29, 0.717) is 10.5 Å². The highest BCUT2D eigenvalue weighted by molar-refractivity contribution is 7.90. The molecule has 0 aliphatic heterocycles. The molecule has 1 aromatic rings. The molecule has 0 amide bonds. The summed E-state index contributed by atoms with van der Waals surface area (Å²) in [6, 6.07) is 0. The molecule has 0 aliphatic carbocycles. The Morgan fingerprint density at radius 2 is 2.10 bits per heavy atom. The first-order chi connectivity index (χ1) is 4.52. The monoisotopic (exact) mass is 175 g/mol. The zero-order chi connectivity index (χ0) is 7.78. The van der Waals surface area contributed by atoms with Gasteiger partial charge in [0.2, 0.25) is 0 Å². The summed E-state index contributed by atoms with van der Waals surface area (Å²) in [5.74, 6) is 0. The van der Waals surface area contributed by atoms with E-state index >= 15 is 0 Å². The second-order valence-electron chi connectivity index (χ2n) is 2.03. The molecule has 0 spiro atoms. The van der Waals surface area contributed by atoms with Gasteiger partial charge in [0.1, 0.15) is 0 Å². The number of sulfone groups is 1. The normalized spacial score (nSPS) is 11.8. The third-order valence-corrected chi connectivity index (χ3v) is 3.22. The van der Waals surface area contributed by atoms with Crippen LogP contribution in [0.2, 0.25) is 0 Å². The first kappa shape index (κ1) is 7.75. The van der Waals surface area contributed by atoms with Crippen LogP contribution in [-0.2, 0) is 9.84 Å². The summed E-state index contributed by atoms with van der Waals surface area (Å²) in [5.41, 5.74) is 0.590. The standard InChI is InChI=1S/C6H7O2S2/c1-5-3-9-4-6(5)10(2,7)8/h3-4H,1H2,2H3. The van der Waals surface area contributed by atoms with Gasteiger partial charge in [0.25, 0.3) is 0 Å². The van der Waals surface area contributed by atoms with E-state index in [1.165, 1.54) is 17.6 Å². The lowest BCUT2D eigenvalue weighted by Gasteiger charge is -1.92. The molecule has 55 valence electrons. The first-order valence-corrected chi connectivity index (χ1v) is 5.43. The van der Waals surface area contributed by atoms with Gasteiger partial charge in [0.05, 0.1) is 4.90 Å². The van der Waals surface area contributed by atoms with Crippen molar-refractivity contribution in [2.45, 2.75) is 4.90 Å². The fourth-order valence-electron chi connectivity index (χ4n) is 0.637. The van der Waals surface area contributed by atoms with Crippen molar-refractivity contribution in [3.63, 3.8) is 0 Å². The first-order valence-electron chi connectivity index (χ1n) is 2.60. The molecule has 0 aromatic carbocycles. The molecule has 0 atom stereocenters. The predicted octanol–water partition coefficient (Wildman–Crippen LogP) is 1.33. The minimum absolute atomic E-state index is 0.345. The Balaban J connectivity index is 3.32. The predicted molar refractivity (Wildman–Crippen MR) is 41.9 cm³/mol. The van der Waals surface area contributed by atoms with Crippen molar-refractivity contribution in [3.8, 4) is 0 Å². The average Bonchev–Trinajstić information content (AvgIpc) is 2.11. The smallest absolute Gasteiger partial charge is 0.176 e. The molecular weight excluding hydrogens is 168 g/mol. The molecule has 0 saturated heterocycles. The van der Waals surface area contributed by atoms with Gasteiger partial charge in [-0.3, -0.25) is 0 Å². The van der Waals surface area contributed by atoms with Crippen LogP contribution in [0.25, 0.3) is 0 Å². The summed E-state index contributed by atoms with van der Waals surface area (Å²) >= 11 is 1.35. The van der Waals surface area contributed by atoms with Crippen molar-refractivity contribution in [1.29, 1.82) is 0 Å². The van der Waals surface area contributed by atoms with Gasteiger partial charge in [-0.05, 0) is 17.9 Å². The van der Waals surface area contributed by atoms with Crippen LogP contribution in [0.15, 0.2) is 15.7 Å². The third kappa shape index (κ3) is 1.38. The fraction of sp³-hybridized carbons (Fsp3) is 0.167. The van der Waals surface area contributed by atoms with Crippen molar-refractivity contribution >= 4 is 21.2 Å². The highest BCUT2D eigenvalue weighted by Crippen LogP contribution is 2.18. The maximum absolute atomic E-state index is 10.9. The summed E-state index contributed by atoms with van der Waals surface area (Å²) in [5, 5.41) is 3.31. The Kier molecular flexibility index (Phi) is 1.83. The molecule has 1 heterocycles. The molecule has 0 aliphatic rings. The van der Waals surface area contributed by atoms with Crippen LogP contribution in [0.3, 0.4) is 0 Å². The molecule has 0 unspecified atom stereocenters. The lowest BCUT2D eigenvalue weighted by Crippen LogP contribution is -1.95. The van der Waals surface area contributed by atoms with Crippen molar-refractivity contribution in [2.24, 2.45) is 0 Å². The van der Waals surface area contributed by atoms with E-state index in [0.717, 1.165) is 0 Å². The van der Waals surface area contributed by atoms with E-state index in [1.54, 1.807) is 10.8 Å². The summed E-state index contributed by atoms with van der Waals surface area (Å²) in [7, 11) is -3.04. The summed E-state index contributed by atoms with van der Waals surface area (Å²) in [6.07, 6.45) is 1.18. The molecule has 1 rings (SSSR count). The van der Waals surface area contributed by atoms with Gasteiger partial charge in [0.15, 0.2) is 9.84 Å². The Morgan fingerprint density at radius 1 is 1.50 bits per heavy atom. The molecule has 0 saturated carbocycles. The van der Waals surface area contributed by atoms with Crippen LogP contribution in [0.5, 0.6) is 0 Å². The van der Waals surface area contributed by atoms with Crippen molar-refractivity contribution in [2.75, 3.05) is 6.26 Å².